The van der Waals surface area contributed by atoms with E-state index in [1.807, 2.05) is 0 Å². The van der Waals surface area contributed by atoms with Crippen molar-refractivity contribution in [3.8, 4) is 0 Å². The molecule has 0 unspecified atom stereocenters. The predicted molar refractivity (Wildman–Crippen MR) is 78.2 cm³/mol. The summed E-state index contributed by atoms with van der Waals surface area (Å²) in [6.45, 7) is 0.859. The van der Waals surface area contributed by atoms with Gasteiger partial charge in [-0.2, -0.15) is 0 Å². The van der Waals surface area contributed by atoms with Gasteiger partial charge in [0.2, 0.25) is 5.91 Å². The number of ether oxygens (including phenoxy) is 1. The Balaban J connectivity index is 2.13. The fourth-order valence-corrected chi connectivity index (χ4v) is 2.59. The highest BCUT2D eigenvalue weighted by Gasteiger charge is 2.23. The van der Waals surface area contributed by atoms with Gasteiger partial charge in [0.25, 0.3) is 0 Å². The van der Waals surface area contributed by atoms with Crippen LogP contribution in [0.15, 0.2) is 11.6 Å². The maximum Gasteiger partial charge on any atom is 0.356 e. The molecule has 0 spiro atoms. The van der Waals surface area contributed by atoms with Crippen LogP contribution in [0.4, 0.5) is 5.82 Å². The first-order valence-electron chi connectivity index (χ1n) is 6.20. The van der Waals surface area contributed by atoms with Crippen LogP contribution in [0.3, 0.4) is 0 Å². The van der Waals surface area contributed by atoms with Gasteiger partial charge in [-0.05, 0) is 0 Å². The molecule has 0 aliphatic heterocycles. The van der Waals surface area contributed by atoms with Crippen LogP contribution < -0.4 is 10.2 Å². The van der Waals surface area contributed by atoms with Gasteiger partial charge in [-0.25, -0.2) is 9.78 Å². The Morgan fingerprint density at radius 2 is 2.33 bits per heavy atom. The molecule has 9 heteroatoms. The van der Waals surface area contributed by atoms with E-state index in [1.165, 1.54) is 20.6 Å². The lowest BCUT2D eigenvalue weighted by atomic mass is 10.4. The minimum Gasteiger partial charge on any atom is -0.476 e. The second kappa shape index (κ2) is 6.55. The average Bonchev–Trinajstić information content (AvgIpc) is 2.97. The summed E-state index contributed by atoms with van der Waals surface area (Å²) in [5.74, 6) is -1.03. The van der Waals surface area contributed by atoms with Gasteiger partial charge in [0.1, 0.15) is 0 Å². The molecule has 0 bridgehead atoms. The standard InChI is InChI=1S/C12H16N4O4S/c1-15(7-8(17)13-3-5-20-2)10-9(11(18)19)16-4-6-21-12(16)14-10/h4,6H,3,5,7H2,1-2H3,(H,13,17)(H,18,19). The number of aromatic nitrogens is 2. The Kier molecular flexibility index (Phi) is 4.76. The fourth-order valence-electron chi connectivity index (χ4n) is 1.88. The molecular weight excluding hydrogens is 296 g/mol. The fraction of sp³-hybridized carbons (Fsp3) is 0.417. The number of anilines is 1. The molecule has 0 atom stereocenters. The van der Waals surface area contributed by atoms with Gasteiger partial charge in [0, 0.05) is 32.3 Å². The third-order valence-electron chi connectivity index (χ3n) is 2.82. The van der Waals surface area contributed by atoms with Crippen LogP contribution in [0.25, 0.3) is 4.96 Å². The number of hydrogen-bond donors (Lipinski definition) is 2. The first kappa shape index (κ1) is 15.3. The number of carboxylic acid groups (broad SMARTS) is 1. The first-order valence-corrected chi connectivity index (χ1v) is 7.08. The van der Waals surface area contributed by atoms with E-state index in [-0.39, 0.29) is 24.0 Å². The van der Waals surface area contributed by atoms with Gasteiger partial charge < -0.3 is 20.1 Å². The maximum atomic E-state index is 11.7. The van der Waals surface area contributed by atoms with Crippen molar-refractivity contribution in [1.82, 2.24) is 14.7 Å². The van der Waals surface area contributed by atoms with E-state index in [2.05, 4.69) is 10.3 Å². The van der Waals surface area contributed by atoms with E-state index >= 15 is 0 Å². The molecule has 0 aliphatic rings. The molecule has 21 heavy (non-hydrogen) atoms. The number of thiazole rings is 1. The Morgan fingerprint density at radius 1 is 1.57 bits per heavy atom. The second-order valence-corrected chi connectivity index (χ2v) is 5.22. The van der Waals surface area contributed by atoms with Crippen LogP contribution in [0.5, 0.6) is 0 Å². The summed E-state index contributed by atoms with van der Waals surface area (Å²) in [6, 6.07) is 0. The number of fused-ring (bicyclic) bond motifs is 1. The molecule has 8 nitrogen and oxygen atoms in total. The molecule has 0 aromatic carbocycles. The van der Waals surface area contributed by atoms with Gasteiger partial charge in [-0.15, -0.1) is 11.3 Å². The zero-order valence-electron chi connectivity index (χ0n) is 11.7. The molecule has 2 heterocycles. The Morgan fingerprint density at radius 3 is 3.00 bits per heavy atom. The molecule has 2 aromatic heterocycles. The lowest BCUT2D eigenvalue weighted by Gasteiger charge is -2.16. The predicted octanol–water partition coefficient (Wildman–Crippen LogP) is 0.293. The van der Waals surface area contributed by atoms with Crippen molar-refractivity contribution >= 4 is 34.0 Å². The number of aromatic carboxylic acids is 1. The maximum absolute atomic E-state index is 11.7. The quantitative estimate of drug-likeness (QED) is 0.714. The highest BCUT2D eigenvalue weighted by atomic mass is 32.1. The monoisotopic (exact) mass is 312 g/mol. The van der Waals surface area contributed by atoms with E-state index in [9.17, 15) is 14.7 Å². The third kappa shape index (κ3) is 3.31. The average molecular weight is 312 g/mol. The van der Waals surface area contributed by atoms with Crippen molar-refractivity contribution in [2.45, 2.75) is 0 Å². The van der Waals surface area contributed by atoms with Crippen LogP contribution in [-0.4, -0.2) is 60.2 Å². The van der Waals surface area contributed by atoms with E-state index in [4.69, 9.17) is 4.74 Å². The number of nitrogens with one attached hydrogen (secondary N) is 1. The van der Waals surface area contributed by atoms with Crippen molar-refractivity contribution in [3.63, 3.8) is 0 Å². The number of likely N-dealkylation sites (N-methyl/N-ethyl adjacent to an activating group) is 1. The SMILES string of the molecule is COCCNC(=O)CN(C)c1nc2sccn2c1C(=O)O. The lowest BCUT2D eigenvalue weighted by Crippen LogP contribution is -2.37. The molecule has 0 radical (unpaired) electrons. The number of amides is 1. The number of carboxylic acids is 1. The van der Waals surface area contributed by atoms with Crippen LogP contribution in [0, 0.1) is 0 Å². The zero-order valence-corrected chi connectivity index (χ0v) is 12.5. The first-order chi connectivity index (χ1) is 10.0. The van der Waals surface area contributed by atoms with Crippen LogP contribution >= 0.6 is 11.3 Å². The largest absolute Gasteiger partial charge is 0.476 e. The van der Waals surface area contributed by atoms with Gasteiger partial charge in [0.05, 0.1) is 13.2 Å². The molecule has 0 fully saturated rings. The highest BCUT2D eigenvalue weighted by Crippen LogP contribution is 2.23. The van der Waals surface area contributed by atoms with Crippen LogP contribution in [0.1, 0.15) is 10.5 Å². The summed E-state index contributed by atoms with van der Waals surface area (Å²) in [5.41, 5.74) is 0.0541. The van der Waals surface area contributed by atoms with E-state index in [1.54, 1.807) is 25.7 Å². The number of nitrogens with zero attached hydrogens (tertiary/aromatic N) is 3. The summed E-state index contributed by atoms with van der Waals surface area (Å²) in [7, 11) is 3.18. The Bertz CT molecular complexity index is 651. The van der Waals surface area contributed by atoms with Crippen molar-refractivity contribution in [2.75, 3.05) is 38.8 Å². The van der Waals surface area contributed by atoms with E-state index in [0.717, 1.165) is 0 Å². The van der Waals surface area contributed by atoms with E-state index < -0.39 is 5.97 Å². The van der Waals surface area contributed by atoms with E-state index in [0.29, 0.717) is 18.1 Å². The minimum absolute atomic E-state index is 0.0226. The lowest BCUT2D eigenvalue weighted by molar-refractivity contribution is -0.119. The molecule has 2 N–H and O–H groups in total. The number of carbonyl (C=O) groups is 2. The van der Waals surface area contributed by atoms with Crippen molar-refractivity contribution < 1.29 is 19.4 Å². The Labute approximate surface area is 125 Å². The smallest absolute Gasteiger partial charge is 0.356 e. The molecule has 0 aliphatic carbocycles. The molecular formula is C12H16N4O4S. The third-order valence-corrected chi connectivity index (χ3v) is 3.57. The van der Waals surface area contributed by atoms with Gasteiger partial charge in [0.15, 0.2) is 16.5 Å². The van der Waals surface area contributed by atoms with Crippen LogP contribution in [0.2, 0.25) is 0 Å². The molecule has 2 aromatic rings. The molecule has 2 rings (SSSR count). The number of rotatable bonds is 7. The molecule has 0 saturated carbocycles. The topological polar surface area (TPSA) is 96.2 Å². The van der Waals surface area contributed by atoms with Gasteiger partial charge in [-0.1, -0.05) is 0 Å². The summed E-state index contributed by atoms with van der Waals surface area (Å²) in [6.07, 6.45) is 1.65. The summed E-state index contributed by atoms with van der Waals surface area (Å²) >= 11 is 1.34. The van der Waals surface area contributed by atoms with Crippen molar-refractivity contribution in [3.05, 3.63) is 17.3 Å². The number of imidazole rings is 1. The second-order valence-electron chi connectivity index (χ2n) is 4.34. The minimum atomic E-state index is -1.08. The zero-order chi connectivity index (χ0) is 15.4. The highest BCUT2D eigenvalue weighted by molar-refractivity contribution is 7.15. The summed E-state index contributed by atoms with van der Waals surface area (Å²) in [4.78, 5) is 29.5. The molecule has 0 saturated heterocycles. The molecule has 114 valence electrons. The van der Waals surface area contributed by atoms with Gasteiger partial charge in [-0.3, -0.25) is 9.20 Å². The Hall–Kier alpha value is -2.13. The van der Waals surface area contributed by atoms with Crippen molar-refractivity contribution in [1.29, 1.82) is 0 Å². The van der Waals surface area contributed by atoms with Crippen LogP contribution in [-0.2, 0) is 9.53 Å². The van der Waals surface area contributed by atoms with Gasteiger partial charge >= 0.3 is 5.97 Å². The number of carbonyl (C=O) groups excluding carboxylic acids is 1. The normalized spacial score (nSPS) is 10.8. The summed E-state index contributed by atoms with van der Waals surface area (Å²) < 4.78 is 6.34. The molecule has 1 amide bonds. The number of methoxy groups -OCH3 is 1. The summed E-state index contributed by atoms with van der Waals surface area (Å²) in [5, 5.41) is 13.8. The van der Waals surface area contributed by atoms with Crippen molar-refractivity contribution in [2.24, 2.45) is 0 Å². The number of hydrogen-bond acceptors (Lipinski definition) is 6.